The van der Waals surface area contributed by atoms with Gasteiger partial charge in [0.25, 0.3) is 5.91 Å². The predicted molar refractivity (Wildman–Crippen MR) is 83.0 cm³/mol. The third kappa shape index (κ3) is 4.28. The normalized spacial score (nSPS) is 22.3. The van der Waals surface area contributed by atoms with Crippen LogP contribution >= 0.6 is 0 Å². The maximum Gasteiger partial charge on any atom is 0.251 e. The molecule has 1 saturated carbocycles. The first-order chi connectivity index (χ1) is 10.4. The molecule has 2 rings (SSSR count). The lowest BCUT2D eigenvalue weighted by Crippen LogP contribution is -2.38. The molecule has 1 amide bonds. The fraction of sp³-hybridized carbons (Fsp3) is 0.533. The van der Waals surface area contributed by atoms with Crippen LogP contribution in [0.4, 0.5) is 0 Å². The van der Waals surface area contributed by atoms with Crippen molar-refractivity contribution in [2.45, 2.75) is 49.6 Å². The minimum Gasteiger partial charge on any atom is -0.393 e. The largest absolute Gasteiger partial charge is 0.393 e. The van der Waals surface area contributed by atoms with Crippen molar-refractivity contribution in [2.24, 2.45) is 0 Å². The number of carbonyl (C=O) groups excluding carboxylic acids is 1. The summed E-state index contributed by atoms with van der Waals surface area (Å²) in [6, 6.07) is 5.95. The molecule has 6 nitrogen and oxygen atoms in total. The number of nitrogens with one attached hydrogen (secondary N) is 2. The van der Waals surface area contributed by atoms with E-state index in [2.05, 4.69) is 10.0 Å². The number of aliphatic hydroxyl groups excluding tert-OH is 1. The molecule has 122 valence electrons. The Morgan fingerprint density at radius 2 is 1.77 bits per heavy atom. The molecule has 1 aromatic rings. The monoisotopic (exact) mass is 326 g/mol. The fourth-order valence-corrected chi connectivity index (χ4v) is 3.59. The second-order valence-electron chi connectivity index (χ2n) is 5.50. The predicted octanol–water partition coefficient (Wildman–Crippen LogP) is 1.02. The van der Waals surface area contributed by atoms with Gasteiger partial charge in [-0.3, -0.25) is 4.79 Å². The van der Waals surface area contributed by atoms with Gasteiger partial charge in [-0.1, -0.05) is 6.92 Å². The summed E-state index contributed by atoms with van der Waals surface area (Å²) in [7, 11) is -3.50. The molecule has 1 fully saturated rings. The van der Waals surface area contributed by atoms with Gasteiger partial charge in [0.15, 0.2) is 0 Å². The highest BCUT2D eigenvalue weighted by Crippen LogP contribution is 2.19. The smallest absolute Gasteiger partial charge is 0.251 e. The molecule has 1 aromatic carbocycles. The Kier molecular flexibility index (Phi) is 5.55. The number of aliphatic hydroxyl groups is 1. The van der Waals surface area contributed by atoms with Crippen LogP contribution in [0.2, 0.25) is 0 Å². The summed E-state index contributed by atoms with van der Waals surface area (Å²) in [6.07, 6.45) is 2.67. The van der Waals surface area contributed by atoms with Gasteiger partial charge in [-0.2, -0.15) is 0 Å². The quantitative estimate of drug-likeness (QED) is 0.753. The van der Waals surface area contributed by atoms with E-state index < -0.39 is 10.0 Å². The van der Waals surface area contributed by atoms with Gasteiger partial charge >= 0.3 is 0 Å². The first-order valence-corrected chi connectivity index (χ1v) is 8.99. The summed E-state index contributed by atoms with van der Waals surface area (Å²) in [5, 5.41) is 12.4. The fourth-order valence-electron chi connectivity index (χ4n) is 2.55. The lowest BCUT2D eigenvalue weighted by Gasteiger charge is -2.26. The van der Waals surface area contributed by atoms with Crippen molar-refractivity contribution in [3.05, 3.63) is 29.8 Å². The molecule has 0 heterocycles. The molecular formula is C15H22N2O4S. The average Bonchev–Trinajstić information content (AvgIpc) is 2.49. The van der Waals surface area contributed by atoms with Crippen molar-refractivity contribution in [3.8, 4) is 0 Å². The molecule has 3 N–H and O–H groups in total. The van der Waals surface area contributed by atoms with Crippen molar-refractivity contribution in [1.82, 2.24) is 10.0 Å². The van der Waals surface area contributed by atoms with Gasteiger partial charge in [0.2, 0.25) is 10.0 Å². The van der Waals surface area contributed by atoms with E-state index in [4.69, 9.17) is 0 Å². The molecule has 7 heteroatoms. The van der Waals surface area contributed by atoms with Crippen molar-refractivity contribution in [1.29, 1.82) is 0 Å². The Balaban J connectivity index is 1.99. The van der Waals surface area contributed by atoms with Gasteiger partial charge in [0.05, 0.1) is 11.0 Å². The van der Waals surface area contributed by atoms with E-state index in [0.717, 1.165) is 12.8 Å². The maximum absolute atomic E-state index is 12.1. The number of carbonyl (C=O) groups is 1. The van der Waals surface area contributed by atoms with E-state index in [0.29, 0.717) is 24.9 Å². The third-order valence-electron chi connectivity index (χ3n) is 3.79. The number of amides is 1. The highest BCUT2D eigenvalue weighted by molar-refractivity contribution is 7.89. The van der Waals surface area contributed by atoms with E-state index in [1.54, 1.807) is 6.92 Å². The number of rotatable bonds is 5. The summed E-state index contributed by atoms with van der Waals surface area (Å²) in [5.74, 6) is -0.214. The molecule has 0 aromatic heterocycles. The molecule has 0 unspecified atom stereocenters. The van der Waals surface area contributed by atoms with Crippen LogP contribution in [0, 0.1) is 0 Å². The lowest BCUT2D eigenvalue weighted by molar-refractivity contribution is 0.0867. The molecule has 1 aliphatic rings. The van der Waals surface area contributed by atoms with Crippen LogP contribution in [0.5, 0.6) is 0 Å². The molecular weight excluding hydrogens is 304 g/mol. The Bertz CT molecular complexity index is 605. The summed E-state index contributed by atoms with van der Waals surface area (Å²) in [5.41, 5.74) is 0.432. The molecule has 0 spiro atoms. The molecule has 0 aliphatic heterocycles. The second kappa shape index (κ2) is 7.21. The van der Waals surface area contributed by atoms with E-state index >= 15 is 0 Å². The molecule has 0 bridgehead atoms. The van der Waals surface area contributed by atoms with Crippen LogP contribution in [0.25, 0.3) is 0 Å². The van der Waals surface area contributed by atoms with Crippen molar-refractivity contribution < 1.29 is 18.3 Å². The van der Waals surface area contributed by atoms with Gasteiger partial charge in [-0.05, 0) is 49.9 Å². The highest BCUT2D eigenvalue weighted by atomic mass is 32.2. The van der Waals surface area contributed by atoms with Gasteiger partial charge in [0, 0.05) is 18.2 Å². The second-order valence-corrected chi connectivity index (χ2v) is 7.27. The topological polar surface area (TPSA) is 95.5 Å². The maximum atomic E-state index is 12.1. The van der Waals surface area contributed by atoms with Crippen LogP contribution in [0.3, 0.4) is 0 Å². The van der Waals surface area contributed by atoms with Crippen molar-refractivity contribution in [3.63, 3.8) is 0 Å². The summed E-state index contributed by atoms with van der Waals surface area (Å²) in [4.78, 5) is 12.3. The number of sulfonamides is 1. The third-order valence-corrected chi connectivity index (χ3v) is 5.35. The van der Waals surface area contributed by atoms with E-state index in [9.17, 15) is 18.3 Å². The Morgan fingerprint density at radius 1 is 1.18 bits per heavy atom. The van der Waals surface area contributed by atoms with Gasteiger partial charge in [0.1, 0.15) is 0 Å². The Hall–Kier alpha value is -1.44. The molecule has 0 atom stereocenters. The zero-order valence-corrected chi connectivity index (χ0v) is 13.4. The van der Waals surface area contributed by atoms with E-state index in [1.165, 1.54) is 24.3 Å². The highest BCUT2D eigenvalue weighted by Gasteiger charge is 2.21. The first-order valence-electron chi connectivity index (χ1n) is 7.51. The molecule has 0 saturated heterocycles. The minimum atomic E-state index is -3.50. The van der Waals surface area contributed by atoms with Gasteiger partial charge in [-0.25, -0.2) is 13.1 Å². The Labute approximate surface area is 131 Å². The zero-order valence-electron chi connectivity index (χ0n) is 12.6. The zero-order chi connectivity index (χ0) is 16.2. The van der Waals surface area contributed by atoms with Gasteiger partial charge in [-0.15, -0.1) is 0 Å². The standard InChI is InChI=1S/C15H22N2O4S/c1-2-16-22(20,21)14-9-3-11(4-10-14)15(19)17-12-5-7-13(18)8-6-12/h3-4,9-10,12-13,16,18H,2,5-8H2,1H3,(H,17,19). The SMILES string of the molecule is CCNS(=O)(=O)c1ccc(C(=O)NC2CCC(O)CC2)cc1. The number of hydrogen-bond acceptors (Lipinski definition) is 4. The van der Waals surface area contributed by atoms with E-state index in [1.807, 2.05) is 0 Å². The van der Waals surface area contributed by atoms with Crippen LogP contribution in [-0.2, 0) is 10.0 Å². The van der Waals surface area contributed by atoms with E-state index in [-0.39, 0.29) is 22.9 Å². The summed E-state index contributed by atoms with van der Waals surface area (Å²) < 4.78 is 26.1. The molecule has 22 heavy (non-hydrogen) atoms. The summed E-state index contributed by atoms with van der Waals surface area (Å²) in [6.45, 7) is 2.03. The van der Waals surface area contributed by atoms with Crippen LogP contribution < -0.4 is 10.0 Å². The van der Waals surface area contributed by atoms with Gasteiger partial charge < -0.3 is 10.4 Å². The van der Waals surface area contributed by atoms with Crippen molar-refractivity contribution in [2.75, 3.05) is 6.54 Å². The van der Waals surface area contributed by atoms with Crippen LogP contribution in [0.15, 0.2) is 29.2 Å². The van der Waals surface area contributed by atoms with Crippen LogP contribution in [-0.4, -0.2) is 38.1 Å². The van der Waals surface area contributed by atoms with Crippen molar-refractivity contribution >= 4 is 15.9 Å². The molecule has 1 aliphatic carbocycles. The minimum absolute atomic E-state index is 0.0704. The van der Waals surface area contributed by atoms with Crippen LogP contribution in [0.1, 0.15) is 43.0 Å². The number of benzene rings is 1. The summed E-state index contributed by atoms with van der Waals surface area (Å²) >= 11 is 0. The number of hydrogen-bond donors (Lipinski definition) is 3. The first kappa shape index (κ1) is 16.9. The Morgan fingerprint density at radius 3 is 2.32 bits per heavy atom. The average molecular weight is 326 g/mol. The lowest BCUT2D eigenvalue weighted by atomic mass is 9.93. The molecule has 0 radical (unpaired) electrons.